The Morgan fingerprint density at radius 3 is 2.29 bits per heavy atom. The number of aliphatic carboxylic acids is 1. The minimum absolute atomic E-state index is 0.0781. The largest absolute Gasteiger partial charge is 0.479 e. The van der Waals surface area contributed by atoms with Crippen molar-refractivity contribution in [2.75, 3.05) is 25.5 Å². The van der Waals surface area contributed by atoms with Gasteiger partial charge in [-0.25, -0.2) is 9.59 Å². The fourth-order valence-corrected chi connectivity index (χ4v) is 7.08. The van der Waals surface area contributed by atoms with Crippen LogP contribution in [0, 0.1) is 5.92 Å². The number of rotatable bonds is 6. The summed E-state index contributed by atoms with van der Waals surface area (Å²) in [5, 5.41) is 25.8. The molecule has 2 aromatic carbocycles. The van der Waals surface area contributed by atoms with E-state index >= 15 is 0 Å². The SMILES string of the molecule is CN(C)c1ccc(-c2nn([C@H]3C[C@H]4C(=O)N[C@@]5(C(=O)O)C[C@H]5/C=C\CCCCC[C@@H](NC(=O)OC(C)(C)C)C(=O)N4C3)nc2-c2ccccc2)cc1. The Labute approximate surface area is 304 Å². The molecule has 6 rings (SSSR count). The van der Waals surface area contributed by atoms with Crippen LogP contribution >= 0.6 is 0 Å². The summed E-state index contributed by atoms with van der Waals surface area (Å²) in [5.74, 6) is -2.45. The van der Waals surface area contributed by atoms with E-state index in [1.807, 2.05) is 85.7 Å². The van der Waals surface area contributed by atoms with Crippen molar-refractivity contribution in [2.24, 2.45) is 5.92 Å². The molecule has 2 aliphatic heterocycles. The lowest BCUT2D eigenvalue weighted by Gasteiger charge is -2.30. The highest BCUT2D eigenvalue weighted by atomic mass is 16.6. The molecule has 52 heavy (non-hydrogen) atoms. The average molecular weight is 712 g/mol. The summed E-state index contributed by atoms with van der Waals surface area (Å²) in [6, 6.07) is 15.2. The van der Waals surface area contributed by atoms with Gasteiger partial charge in [-0.15, -0.1) is 0 Å². The summed E-state index contributed by atoms with van der Waals surface area (Å²) in [5.41, 5.74) is 1.84. The Hall–Kier alpha value is -5.20. The van der Waals surface area contributed by atoms with Crippen molar-refractivity contribution in [1.82, 2.24) is 30.5 Å². The van der Waals surface area contributed by atoms with Gasteiger partial charge < -0.3 is 30.3 Å². The molecular weight excluding hydrogens is 662 g/mol. The third kappa shape index (κ3) is 7.98. The zero-order valence-corrected chi connectivity index (χ0v) is 30.5. The number of allylic oxidation sites excluding steroid dienone is 1. The van der Waals surface area contributed by atoms with E-state index in [9.17, 15) is 24.3 Å². The number of ether oxygens (including phenoxy) is 1. The molecule has 3 aromatic rings. The molecule has 3 heterocycles. The number of hydrogen-bond donors (Lipinski definition) is 3. The Balaban J connectivity index is 1.37. The third-order valence-corrected chi connectivity index (χ3v) is 9.99. The summed E-state index contributed by atoms with van der Waals surface area (Å²) < 4.78 is 5.52. The molecule has 1 saturated heterocycles. The number of nitrogens with zero attached hydrogens (tertiary/aromatic N) is 5. The first kappa shape index (κ1) is 36.6. The Kier molecular flexibility index (Phi) is 10.4. The number of fused-ring (bicyclic) bond motifs is 2. The van der Waals surface area contributed by atoms with Gasteiger partial charge in [0.2, 0.25) is 11.8 Å². The summed E-state index contributed by atoms with van der Waals surface area (Å²) in [4.78, 5) is 59.2. The van der Waals surface area contributed by atoms with Crippen molar-refractivity contribution in [3.8, 4) is 22.5 Å². The van der Waals surface area contributed by atoms with Crippen molar-refractivity contribution >= 4 is 29.6 Å². The van der Waals surface area contributed by atoms with Crippen molar-refractivity contribution in [1.29, 1.82) is 0 Å². The molecule has 0 bridgehead atoms. The zero-order valence-electron chi connectivity index (χ0n) is 30.5. The lowest BCUT2D eigenvalue weighted by molar-refractivity contribution is -0.145. The molecule has 1 aromatic heterocycles. The van der Waals surface area contributed by atoms with Crippen LogP contribution in [0.2, 0.25) is 0 Å². The highest BCUT2D eigenvalue weighted by Crippen LogP contribution is 2.45. The number of carboxylic acids is 1. The number of carbonyl (C=O) groups is 4. The van der Waals surface area contributed by atoms with Gasteiger partial charge in [0.25, 0.3) is 0 Å². The Morgan fingerprint density at radius 2 is 1.65 bits per heavy atom. The Bertz CT molecular complexity index is 1820. The van der Waals surface area contributed by atoms with Crippen molar-refractivity contribution in [3.05, 3.63) is 66.7 Å². The molecule has 0 radical (unpaired) electrons. The van der Waals surface area contributed by atoms with Gasteiger partial charge in [0.1, 0.15) is 34.6 Å². The van der Waals surface area contributed by atoms with Crippen LogP contribution in [0.4, 0.5) is 10.5 Å². The fourth-order valence-electron chi connectivity index (χ4n) is 7.08. The summed E-state index contributed by atoms with van der Waals surface area (Å²) in [6.07, 6.45) is 6.96. The van der Waals surface area contributed by atoms with E-state index in [2.05, 4.69) is 10.6 Å². The lowest BCUT2D eigenvalue weighted by atomic mass is 10.0. The van der Waals surface area contributed by atoms with E-state index in [-0.39, 0.29) is 25.3 Å². The van der Waals surface area contributed by atoms with E-state index in [1.54, 1.807) is 25.6 Å². The van der Waals surface area contributed by atoms with Gasteiger partial charge in [-0.3, -0.25) is 9.59 Å². The number of alkyl carbamates (subject to hydrolysis) is 1. The molecule has 1 aliphatic carbocycles. The number of amides is 3. The molecule has 3 amide bonds. The average Bonchev–Trinajstić information content (AvgIpc) is 3.40. The van der Waals surface area contributed by atoms with Gasteiger partial charge in [-0.2, -0.15) is 15.0 Å². The summed E-state index contributed by atoms with van der Waals surface area (Å²) >= 11 is 0. The maximum Gasteiger partial charge on any atom is 0.408 e. The second kappa shape index (κ2) is 14.8. The molecular formula is C39H49N7O6. The van der Waals surface area contributed by atoms with E-state index in [4.69, 9.17) is 14.9 Å². The molecule has 2 fully saturated rings. The van der Waals surface area contributed by atoms with Gasteiger partial charge in [-0.1, -0.05) is 67.5 Å². The topological polar surface area (TPSA) is 159 Å². The second-order valence-corrected chi connectivity index (χ2v) is 15.3. The minimum Gasteiger partial charge on any atom is -0.479 e. The second-order valence-electron chi connectivity index (χ2n) is 15.3. The number of benzene rings is 2. The number of carboxylic acid groups (broad SMARTS) is 1. The standard InChI is InChI=1S/C39H49N7O6/c1-38(2,3)52-37(51)40-30-17-13-8-6-7-12-16-27-23-39(27,36(49)50)41-34(47)31-22-29(24-45(31)35(30)48)46-42-32(25-14-10-9-11-15-25)33(43-46)26-18-20-28(21-19-26)44(4)5/h9-12,14-16,18-21,27,29-31H,6-8,13,17,22-24H2,1-5H3,(H,40,51)(H,41,47)(H,49,50)/b16-12-/t27-,29+,30-,31+,39+/m1/s1. The maximum atomic E-state index is 14.5. The van der Waals surface area contributed by atoms with Gasteiger partial charge in [0.15, 0.2) is 0 Å². The van der Waals surface area contributed by atoms with Crippen LogP contribution in [0.5, 0.6) is 0 Å². The predicted octanol–water partition coefficient (Wildman–Crippen LogP) is 5.19. The van der Waals surface area contributed by atoms with Crippen LogP contribution in [-0.2, 0) is 19.1 Å². The lowest BCUT2D eigenvalue weighted by Crippen LogP contribution is -2.56. The first-order valence-corrected chi connectivity index (χ1v) is 18.1. The smallest absolute Gasteiger partial charge is 0.408 e. The molecule has 3 N–H and O–H groups in total. The van der Waals surface area contributed by atoms with E-state index in [0.29, 0.717) is 24.2 Å². The Morgan fingerprint density at radius 1 is 0.981 bits per heavy atom. The molecule has 13 nitrogen and oxygen atoms in total. The van der Waals surface area contributed by atoms with Crippen LogP contribution in [0.3, 0.4) is 0 Å². The van der Waals surface area contributed by atoms with Crippen LogP contribution in [-0.4, -0.2) is 92.7 Å². The molecule has 276 valence electrons. The maximum absolute atomic E-state index is 14.5. The van der Waals surface area contributed by atoms with E-state index < -0.39 is 53.1 Å². The number of hydrogen-bond acceptors (Lipinski definition) is 8. The van der Waals surface area contributed by atoms with Crippen LogP contribution < -0.4 is 15.5 Å². The molecule has 3 aliphatic rings. The highest BCUT2D eigenvalue weighted by molar-refractivity contribution is 5.96. The third-order valence-electron chi connectivity index (χ3n) is 9.99. The minimum atomic E-state index is -1.44. The van der Waals surface area contributed by atoms with E-state index in [1.165, 1.54) is 4.90 Å². The van der Waals surface area contributed by atoms with Crippen LogP contribution in [0.25, 0.3) is 22.5 Å². The molecule has 0 unspecified atom stereocenters. The normalized spacial score (nSPS) is 25.8. The molecule has 5 atom stereocenters. The van der Waals surface area contributed by atoms with Crippen LogP contribution in [0.1, 0.15) is 71.8 Å². The van der Waals surface area contributed by atoms with Crippen LogP contribution in [0.15, 0.2) is 66.7 Å². The molecule has 0 spiro atoms. The van der Waals surface area contributed by atoms with Crippen molar-refractivity contribution in [3.63, 3.8) is 0 Å². The quantitative estimate of drug-likeness (QED) is 0.293. The molecule has 1 saturated carbocycles. The molecule has 13 heteroatoms. The van der Waals surface area contributed by atoms with Crippen molar-refractivity contribution < 1.29 is 29.0 Å². The summed E-state index contributed by atoms with van der Waals surface area (Å²) in [6.45, 7) is 5.32. The zero-order chi connectivity index (χ0) is 37.2. The van der Waals surface area contributed by atoms with Gasteiger partial charge in [-0.05, 0) is 58.6 Å². The first-order chi connectivity index (χ1) is 24.8. The fraction of sp³-hybridized carbons (Fsp3) is 0.487. The van der Waals surface area contributed by atoms with E-state index in [0.717, 1.165) is 36.1 Å². The predicted molar refractivity (Wildman–Crippen MR) is 196 cm³/mol. The number of aromatic nitrogens is 3. The number of anilines is 1. The van der Waals surface area contributed by atoms with Crippen molar-refractivity contribution in [2.45, 2.75) is 95.0 Å². The first-order valence-electron chi connectivity index (χ1n) is 18.1. The van der Waals surface area contributed by atoms with Gasteiger partial charge in [0, 0.05) is 49.8 Å². The number of nitrogens with one attached hydrogen (secondary N) is 2. The van der Waals surface area contributed by atoms with Gasteiger partial charge in [0.05, 0.1) is 6.04 Å². The van der Waals surface area contributed by atoms with Gasteiger partial charge >= 0.3 is 12.1 Å². The summed E-state index contributed by atoms with van der Waals surface area (Å²) in [7, 11) is 3.95. The highest BCUT2D eigenvalue weighted by Gasteiger charge is 2.61. The monoisotopic (exact) mass is 711 g/mol. The number of carbonyl (C=O) groups excluding carboxylic acids is 3.